The van der Waals surface area contributed by atoms with Gasteiger partial charge in [-0.25, -0.2) is 4.79 Å². The molecular weight excluding hydrogens is 388 g/mol. The van der Waals surface area contributed by atoms with Gasteiger partial charge < -0.3 is 4.90 Å². The zero-order valence-corrected chi connectivity index (χ0v) is 17.9. The molecule has 1 unspecified atom stereocenters. The molecule has 2 aromatic rings. The molecule has 0 aromatic heterocycles. The number of urea groups is 1. The van der Waals surface area contributed by atoms with Crippen LogP contribution in [0.25, 0.3) is 0 Å². The van der Waals surface area contributed by atoms with E-state index < -0.39 is 16.0 Å². The lowest BCUT2D eigenvalue weighted by atomic mass is 10.2. The number of nitro groups is 1. The predicted octanol–water partition coefficient (Wildman–Crippen LogP) is 4.12. The molecule has 0 spiro atoms. The Morgan fingerprint density at radius 2 is 1.93 bits per heavy atom. The number of carbonyl (C=O) groups is 1. The summed E-state index contributed by atoms with van der Waals surface area (Å²) >= 11 is -0.742. The van der Waals surface area contributed by atoms with E-state index in [0.29, 0.717) is 6.54 Å². The maximum absolute atomic E-state index is 13.0. The van der Waals surface area contributed by atoms with Crippen molar-refractivity contribution in [2.75, 3.05) is 31.1 Å². The maximum atomic E-state index is 13.0. The Labute approximate surface area is 174 Å². The van der Waals surface area contributed by atoms with E-state index in [1.54, 1.807) is 17.0 Å². The average molecular weight is 416 g/mol. The Hall–Kier alpha value is -2.58. The number of carbonyl (C=O) groups excluding carboxylic acids is 1. The van der Waals surface area contributed by atoms with E-state index in [1.165, 1.54) is 6.07 Å². The summed E-state index contributed by atoms with van der Waals surface area (Å²) in [7, 11) is 0. The Morgan fingerprint density at radius 3 is 2.62 bits per heavy atom. The SMILES string of the molecule is CCN(CC)CCCN1C(=O)N[S+](c2cccc([N+](=O)[O-])c2)c2ccc(C)cc21. The highest BCUT2D eigenvalue weighted by Gasteiger charge is 2.41. The number of hydrogen-bond donors (Lipinski definition) is 1. The van der Waals surface area contributed by atoms with Crippen molar-refractivity contribution in [2.24, 2.45) is 0 Å². The summed E-state index contributed by atoms with van der Waals surface area (Å²) in [6.07, 6.45) is 0.882. The van der Waals surface area contributed by atoms with Crippen molar-refractivity contribution in [3.05, 3.63) is 58.1 Å². The highest BCUT2D eigenvalue weighted by molar-refractivity contribution is 7.96. The van der Waals surface area contributed by atoms with Gasteiger partial charge in [-0.05, 0) is 56.7 Å². The zero-order valence-electron chi connectivity index (χ0n) is 17.1. The van der Waals surface area contributed by atoms with Gasteiger partial charge in [0, 0.05) is 12.6 Å². The smallest absolute Gasteiger partial charge is 0.304 e. The molecule has 2 aromatic carbocycles. The van der Waals surface area contributed by atoms with E-state index in [-0.39, 0.29) is 11.7 Å². The quantitative estimate of drug-likeness (QED) is 0.400. The minimum Gasteiger partial charge on any atom is -0.304 e. The fourth-order valence-electron chi connectivity index (χ4n) is 3.44. The van der Waals surface area contributed by atoms with Crippen LogP contribution in [0, 0.1) is 17.0 Å². The lowest BCUT2D eigenvalue weighted by Gasteiger charge is -2.29. The first-order valence-corrected chi connectivity index (χ1v) is 11.1. The number of rotatable bonds is 8. The first-order valence-electron chi connectivity index (χ1n) is 9.84. The largest absolute Gasteiger partial charge is 0.364 e. The Kier molecular flexibility index (Phi) is 6.76. The molecule has 8 heteroatoms. The Balaban J connectivity index is 1.90. The molecule has 0 aliphatic carbocycles. The van der Waals surface area contributed by atoms with Crippen molar-refractivity contribution in [1.82, 2.24) is 9.62 Å². The van der Waals surface area contributed by atoms with Crippen molar-refractivity contribution in [1.29, 1.82) is 0 Å². The minimum atomic E-state index is -0.742. The van der Waals surface area contributed by atoms with Gasteiger partial charge in [0.25, 0.3) is 5.69 Å². The number of nitrogens with one attached hydrogen (secondary N) is 1. The number of benzene rings is 2. The summed E-state index contributed by atoms with van der Waals surface area (Å²) < 4.78 is 3.07. The molecule has 1 aliphatic rings. The number of nitro benzene ring substituents is 1. The van der Waals surface area contributed by atoms with Crippen molar-refractivity contribution < 1.29 is 9.72 Å². The number of amides is 2. The maximum Gasteiger partial charge on any atom is 0.364 e. The highest BCUT2D eigenvalue weighted by atomic mass is 32.2. The summed E-state index contributed by atoms with van der Waals surface area (Å²) in [6.45, 7) is 9.84. The Bertz CT molecular complexity index is 901. The van der Waals surface area contributed by atoms with Crippen LogP contribution in [0.15, 0.2) is 52.3 Å². The monoisotopic (exact) mass is 415 g/mol. The van der Waals surface area contributed by atoms with Crippen LogP contribution >= 0.6 is 0 Å². The van der Waals surface area contributed by atoms with Crippen LogP contribution in [0.5, 0.6) is 0 Å². The second-order valence-corrected chi connectivity index (χ2v) is 8.70. The topological polar surface area (TPSA) is 78.7 Å². The summed E-state index contributed by atoms with van der Waals surface area (Å²) in [5.41, 5.74) is 2.00. The first kappa shape index (κ1) is 21.1. The second-order valence-electron chi connectivity index (χ2n) is 6.97. The lowest BCUT2D eigenvalue weighted by Crippen LogP contribution is -2.48. The van der Waals surface area contributed by atoms with Crippen molar-refractivity contribution >= 4 is 28.5 Å². The molecule has 0 saturated carbocycles. The molecular formula is C21H27N4O3S+. The molecule has 0 radical (unpaired) electrons. The van der Waals surface area contributed by atoms with Gasteiger partial charge in [-0.2, -0.15) is 0 Å². The molecule has 7 nitrogen and oxygen atoms in total. The number of nitrogens with zero attached hydrogens (tertiary/aromatic N) is 3. The molecule has 1 N–H and O–H groups in total. The van der Waals surface area contributed by atoms with Crippen LogP contribution in [0.2, 0.25) is 0 Å². The van der Waals surface area contributed by atoms with E-state index in [1.807, 2.05) is 31.2 Å². The molecule has 154 valence electrons. The van der Waals surface area contributed by atoms with E-state index in [9.17, 15) is 14.9 Å². The van der Waals surface area contributed by atoms with Crippen molar-refractivity contribution in [3.63, 3.8) is 0 Å². The number of aryl methyl sites for hydroxylation is 1. The van der Waals surface area contributed by atoms with Crippen LogP contribution < -0.4 is 9.62 Å². The molecule has 3 rings (SSSR count). The zero-order chi connectivity index (χ0) is 21.0. The number of fused-ring (bicyclic) bond motifs is 1. The molecule has 1 aliphatic heterocycles. The van der Waals surface area contributed by atoms with E-state index in [2.05, 4.69) is 23.5 Å². The van der Waals surface area contributed by atoms with Gasteiger partial charge in [-0.1, -0.05) is 26.0 Å². The van der Waals surface area contributed by atoms with Crippen LogP contribution in [0.4, 0.5) is 16.2 Å². The predicted molar refractivity (Wildman–Crippen MR) is 116 cm³/mol. The first-order chi connectivity index (χ1) is 13.9. The molecule has 2 amide bonds. The molecule has 0 fully saturated rings. The lowest BCUT2D eigenvalue weighted by molar-refractivity contribution is -0.385. The van der Waals surface area contributed by atoms with Crippen molar-refractivity contribution in [2.45, 2.75) is 37.0 Å². The summed E-state index contributed by atoms with van der Waals surface area (Å²) in [6, 6.07) is 12.4. The third kappa shape index (κ3) is 4.71. The van der Waals surface area contributed by atoms with Crippen LogP contribution in [-0.4, -0.2) is 42.0 Å². The average Bonchev–Trinajstić information content (AvgIpc) is 2.72. The number of anilines is 1. The second kappa shape index (κ2) is 9.28. The summed E-state index contributed by atoms with van der Waals surface area (Å²) in [5, 5.41) is 11.2. The normalized spacial score (nSPS) is 15.9. The standard InChI is InChI=1S/C21H26N4O3S/c1-4-23(5-2)12-7-13-24-19-14-16(3)10-11-20(19)29(22-21(24)26)18-9-6-8-17(15-18)25(27)28/h6,8-11,14-15H,4-5,7,12-13H2,1-3H3/p+1. The fraction of sp³-hybridized carbons (Fsp3) is 0.381. The summed E-state index contributed by atoms with van der Waals surface area (Å²) in [4.78, 5) is 29.6. The van der Waals surface area contributed by atoms with Gasteiger partial charge in [0.2, 0.25) is 4.90 Å². The Morgan fingerprint density at radius 1 is 1.17 bits per heavy atom. The van der Waals surface area contributed by atoms with Gasteiger partial charge >= 0.3 is 6.03 Å². The molecule has 1 atom stereocenters. The van der Waals surface area contributed by atoms with E-state index in [0.717, 1.165) is 47.1 Å². The van der Waals surface area contributed by atoms with Crippen LogP contribution in [0.3, 0.4) is 0 Å². The third-order valence-electron chi connectivity index (χ3n) is 5.07. The van der Waals surface area contributed by atoms with Gasteiger partial charge in [0.05, 0.1) is 11.0 Å². The van der Waals surface area contributed by atoms with Gasteiger partial charge in [-0.3, -0.25) is 15.0 Å². The van der Waals surface area contributed by atoms with Crippen LogP contribution in [-0.2, 0) is 11.1 Å². The van der Waals surface area contributed by atoms with Gasteiger partial charge in [-0.15, -0.1) is 4.72 Å². The van der Waals surface area contributed by atoms with E-state index >= 15 is 0 Å². The minimum absolute atomic E-state index is 0.0274. The van der Waals surface area contributed by atoms with Gasteiger partial charge in [0.15, 0.2) is 16.0 Å². The number of hydrogen-bond acceptors (Lipinski definition) is 4. The highest BCUT2D eigenvalue weighted by Crippen LogP contribution is 2.36. The van der Waals surface area contributed by atoms with E-state index in [4.69, 9.17) is 0 Å². The fourth-order valence-corrected chi connectivity index (χ4v) is 5.24. The molecule has 0 saturated heterocycles. The van der Waals surface area contributed by atoms with Gasteiger partial charge in [0.1, 0.15) is 5.69 Å². The molecule has 29 heavy (non-hydrogen) atoms. The molecule has 1 heterocycles. The third-order valence-corrected chi connectivity index (χ3v) is 6.96. The van der Waals surface area contributed by atoms with Crippen LogP contribution in [0.1, 0.15) is 25.8 Å². The van der Waals surface area contributed by atoms with Crippen molar-refractivity contribution in [3.8, 4) is 0 Å². The molecule has 0 bridgehead atoms. The number of non-ortho nitro benzene ring substituents is 1. The summed E-state index contributed by atoms with van der Waals surface area (Å²) in [5.74, 6) is 0.